The predicted octanol–water partition coefficient (Wildman–Crippen LogP) is 2.26. The van der Waals surface area contributed by atoms with Crippen molar-refractivity contribution in [2.45, 2.75) is 87.8 Å². The zero-order valence-electron chi connectivity index (χ0n) is 30.2. The van der Waals surface area contributed by atoms with Gasteiger partial charge in [0.25, 0.3) is 0 Å². The van der Waals surface area contributed by atoms with E-state index in [1.807, 2.05) is 0 Å². The highest BCUT2D eigenvalue weighted by atomic mass is 16.6. The minimum absolute atomic E-state index is 0.182. The Morgan fingerprint density at radius 3 is 2.14 bits per heavy atom. The lowest BCUT2D eigenvalue weighted by molar-refractivity contribution is -0.301. The summed E-state index contributed by atoms with van der Waals surface area (Å²) in [7, 11) is 8.09. The highest BCUT2D eigenvalue weighted by Gasteiger charge is 2.91. The van der Waals surface area contributed by atoms with E-state index in [4.69, 9.17) is 37.9 Å². The summed E-state index contributed by atoms with van der Waals surface area (Å²) in [5, 5.41) is 12.9. The van der Waals surface area contributed by atoms with Crippen molar-refractivity contribution >= 4 is 17.9 Å². The predicted molar refractivity (Wildman–Crippen MR) is 175 cm³/mol. The first-order valence-electron chi connectivity index (χ1n) is 17.6. The van der Waals surface area contributed by atoms with Crippen LogP contribution in [-0.4, -0.2) is 131 Å². The van der Waals surface area contributed by atoms with E-state index in [0.717, 1.165) is 0 Å². The van der Waals surface area contributed by atoms with Crippen LogP contribution in [0, 0.1) is 34.5 Å². The van der Waals surface area contributed by atoms with Crippen LogP contribution in [0.5, 0.6) is 5.75 Å². The molecule has 0 amide bonds. The van der Waals surface area contributed by atoms with Gasteiger partial charge in [0.05, 0.1) is 37.6 Å². The normalized spacial score (nSPS) is 45.1. The highest BCUT2D eigenvalue weighted by molar-refractivity contribution is 5.89. The first-order chi connectivity index (χ1) is 23.9. The van der Waals surface area contributed by atoms with E-state index < -0.39 is 82.3 Å². The zero-order valence-corrected chi connectivity index (χ0v) is 30.2. The Hall–Kier alpha value is -2.81. The minimum Gasteiger partial charge on any atom is -0.497 e. The van der Waals surface area contributed by atoms with E-state index in [1.165, 1.54) is 21.0 Å². The van der Waals surface area contributed by atoms with E-state index in [0.29, 0.717) is 30.8 Å². The van der Waals surface area contributed by atoms with Crippen molar-refractivity contribution in [1.82, 2.24) is 4.90 Å². The van der Waals surface area contributed by atoms with Gasteiger partial charge in [0.2, 0.25) is 0 Å². The molecule has 1 N–H and O–H groups in total. The third-order valence-corrected chi connectivity index (χ3v) is 13.7. The fourth-order valence-electron chi connectivity index (χ4n) is 12.7. The van der Waals surface area contributed by atoms with Gasteiger partial charge >= 0.3 is 17.9 Å². The quantitative estimate of drug-likeness (QED) is 0.266. The largest absolute Gasteiger partial charge is 0.497 e. The Kier molecular flexibility index (Phi) is 8.83. The van der Waals surface area contributed by atoms with Crippen LogP contribution < -0.4 is 4.74 Å². The summed E-state index contributed by atoms with van der Waals surface area (Å²) in [6.07, 6.45) is -2.66. The number of methoxy groups -OCH3 is 5. The number of aliphatic hydroxyl groups is 1. The van der Waals surface area contributed by atoms with Gasteiger partial charge in [-0.15, -0.1) is 0 Å². The fraction of sp³-hybridized carbons (Fsp3) is 0.757. The molecule has 6 aliphatic rings. The van der Waals surface area contributed by atoms with E-state index in [2.05, 4.69) is 11.8 Å². The van der Waals surface area contributed by atoms with E-state index in [9.17, 15) is 19.5 Å². The van der Waals surface area contributed by atoms with Gasteiger partial charge in [0, 0.05) is 96.3 Å². The summed E-state index contributed by atoms with van der Waals surface area (Å²) in [5.74, 6) is -2.67. The van der Waals surface area contributed by atoms with Crippen LogP contribution in [0.25, 0.3) is 0 Å². The van der Waals surface area contributed by atoms with Gasteiger partial charge < -0.3 is 43.0 Å². The van der Waals surface area contributed by atoms with Crippen LogP contribution in [0.1, 0.15) is 50.4 Å². The second kappa shape index (κ2) is 12.4. The molecule has 1 spiro atoms. The van der Waals surface area contributed by atoms with Crippen molar-refractivity contribution < 1.29 is 57.4 Å². The first kappa shape index (κ1) is 35.6. The Balaban J connectivity index is 1.48. The van der Waals surface area contributed by atoms with Crippen LogP contribution >= 0.6 is 0 Å². The molecule has 276 valence electrons. The molecule has 6 fully saturated rings. The lowest BCUT2D eigenvalue weighted by atomic mass is 9.42. The molecule has 1 saturated heterocycles. The lowest BCUT2D eigenvalue weighted by Gasteiger charge is -2.70. The van der Waals surface area contributed by atoms with Crippen molar-refractivity contribution in [1.29, 1.82) is 0 Å². The molecule has 7 rings (SSSR count). The molecular weight excluding hydrogens is 650 g/mol. The lowest BCUT2D eigenvalue weighted by Crippen LogP contribution is -2.79. The summed E-state index contributed by atoms with van der Waals surface area (Å²) in [6.45, 7) is 6.38. The van der Waals surface area contributed by atoms with Crippen molar-refractivity contribution in [3.63, 3.8) is 0 Å². The van der Waals surface area contributed by atoms with Crippen molar-refractivity contribution in [3.8, 4) is 5.75 Å². The molecule has 1 aliphatic heterocycles. The number of esters is 3. The summed E-state index contributed by atoms with van der Waals surface area (Å²) < 4.78 is 49.8. The zero-order chi connectivity index (χ0) is 36.0. The van der Waals surface area contributed by atoms with E-state index >= 15 is 0 Å². The van der Waals surface area contributed by atoms with Crippen LogP contribution in [0.3, 0.4) is 0 Å². The number of hydrogen-bond acceptors (Lipinski definition) is 13. The van der Waals surface area contributed by atoms with Crippen molar-refractivity contribution in [2.75, 3.05) is 55.2 Å². The van der Waals surface area contributed by atoms with Gasteiger partial charge in [0.15, 0.2) is 0 Å². The van der Waals surface area contributed by atoms with Gasteiger partial charge in [0.1, 0.15) is 29.2 Å². The standard InChI is InChI=1S/C37H51NO12/c1-9-38-17-34(18-43-4)24(48-19(2)39)14-25(45-6)37-23-15-35(42)26(46-7)16-36(50-20(3)40,28(31(37)38)29(47-8)30(34)37)27(23)32(35)49-33(41)21-10-12-22(44-5)13-11-21/h10-13,23-32,42H,9,14-18H2,1-8H3/t23-,24-,25+,26+,27-,28?,29?,30-,31-,32-,34+,35+,36-,37+/m1/s1. The Morgan fingerprint density at radius 1 is 0.880 bits per heavy atom. The number of carbonyl (C=O) groups excluding carboxylic acids is 3. The maximum absolute atomic E-state index is 14.0. The molecule has 2 unspecified atom stereocenters. The molecule has 14 atom stereocenters. The number of nitrogens with zero attached hydrogens (tertiary/aromatic N) is 1. The highest BCUT2D eigenvalue weighted by Crippen LogP contribution is 2.81. The minimum atomic E-state index is -1.61. The molecule has 0 aromatic heterocycles. The Morgan fingerprint density at radius 2 is 1.58 bits per heavy atom. The summed E-state index contributed by atoms with van der Waals surface area (Å²) in [4.78, 5) is 42.5. The number of ether oxygens (including phenoxy) is 8. The Bertz CT molecular complexity index is 1510. The number of carbonyl (C=O) groups is 3. The number of fused-ring (bicyclic) bond motifs is 2. The van der Waals surface area contributed by atoms with E-state index in [-0.39, 0.29) is 37.3 Å². The van der Waals surface area contributed by atoms with Crippen LogP contribution in [-0.2, 0) is 42.7 Å². The van der Waals surface area contributed by atoms with Gasteiger partial charge in [-0.3, -0.25) is 14.5 Å². The molecule has 5 saturated carbocycles. The monoisotopic (exact) mass is 701 g/mol. The Labute approximate surface area is 293 Å². The number of hydrogen-bond donors (Lipinski definition) is 1. The van der Waals surface area contributed by atoms with Gasteiger partial charge in [-0.25, -0.2) is 4.79 Å². The second-order valence-corrected chi connectivity index (χ2v) is 15.3. The molecule has 13 heteroatoms. The molecule has 1 aromatic rings. The average Bonchev–Trinajstić information content (AvgIpc) is 3.46. The maximum atomic E-state index is 14.0. The van der Waals surface area contributed by atoms with E-state index in [1.54, 1.807) is 52.7 Å². The fourth-order valence-corrected chi connectivity index (χ4v) is 12.7. The molecule has 5 aliphatic carbocycles. The van der Waals surface area contributed by atoms with Gasteiger partial charge in [-0.05, 0) is 43.1 Å². The third kappa shape index (κ3) is 4.43. The number of likely N-dealkylation sites (tertiary alicyclic amines) is 1. The molecule has 0 radical (unpaired) electrons. The molecule has 7 bridgehead atoms. The van der Waals surface area contributed by atoms with Crippen molar-refractivity contribution in [2.24, 2.45) is 34.5 Å². The smallest absolute Gasteiger partial charge is 0.338 e. The number of piperidine rings is 1. The third-order valence-electron chi connectivity index (χ3n) is 13.7. The van der Waals surface area contributed by atoms with Crippen molar-refractivity contribution in [3.05, 3.63) is 29.8 Å². The van der Waals surface area contributed by atoms with Gasteiger partial charge in [-0.2, -0.15) is 0 Å². The summed E-state index contributed by atoms with van der Waals surface area (Å²) in [6, 6.07) is 6.38. The molecular formula is C37H51NO12. The molecule has 1 aromatic carbocycles. The number of benzene rings is 1. The van der Waals surface area contributed by atoms with Crippen LogP contribution in [0.4, 0.5) is 0 Å². The maximum Gasteiger partial charge on any atom is 0.338 e. The first-order valence-corrected chi connectivity index (χ1v) is 17.6. The molecule has 50 heavy (non-hydrogen) atoms. The SMILES string of the molecule is CCN1C[C@@]2(COC)[C@H]3C(OC)C4[C@@H]1[C@]3([C@@H](OC)C[C@H]2OC(C)=O)[C@@H]1C[C@]2(O)[C@@H](OC)C[C@@]4(OC(C)=O)[C@H]1[C@H]2OC(=O)c1ccc(OC)cc1. The topological polar surface area (TPSA) is 149 Å². The second-order valence-electron chi connectivity index (χ2n) is 15.3. The van der Waals surface area contributed by atoms with Crippen LogP contribution in [0.2, 0.25) is 0 Å². The summed E-state index contributed by atoms with van der Waals surface area (Å²) >= 11 is 0. The number of rotatable bonds is 11. The molecule has 1 heterocycles. The van der Waals surface area contributed by atoms with Gasteiger partial charge in [-0.1, -0.05) is 6.92 Å². The average molecular weight is 702 g/mol. The molecule has 13 nitrogen and oxygen atoms in total. The van der Waals surface area contributed by atoms with Crippen LogP contribution in [0.15, 0.2) is 24.3 Å². The summed E-state index contributed by atoms with van der Waals surface area (Å²) in [5.41, 5.74) is -4.02.